The smallest absolute Gasteiger partial charge is 0.140 e. The average Bonchev–Trinajstić information content (AvgIpc) is 3.32. The van der Waals surface area contributed by atoms with E-state index < -0.39 is 0 Å². The second-order valence-corrected chi connectivity index (χ2v) is 7.79. The molecule has 0 spiro atoms. The van der Waals surface area contributed by atoms with E-state index in [-0.39, 0.29) is 0 Å². The molecule has 2 atom stereocenters. The monoisotopic (exact) mass is 297 g/mol. The van der Waals surface area contributed by atoms with Crippen molar-refractivity contribution >= 4 is 28.5 Å². The lowest BCUT2D eigenvalue weighted by Gasteiger charge is -2.48. The zero-order valence-electron chi connectivity index (χ0n) is 12.0. The number of fused-ring (bicyclic) bond motifs is 2. The fourth-order valence-electron chi connectivity index (χ4n) is 3.55. The molecule has 1 saturated heterocycles. The second-order valence-electron chi connectivity index (χ2n) is 6.44. The van der Waals surface area contributed by atoms with Crippen molar-refractivity contribution in [2.24, 2.45) is 0 Å². The van der Waals surface area contributed by atoms with Gasteiger partial charge >= 0.3 is 0 Å². The first kappa shape index (κ1) is 12.3. The number of hydrogen-bond donors (Lipinski definition) is 0. The molecule has 0 N–H and O–H groups in total. The summed E-state index contributed by atoms with van der Waals surface area (Å²) in [5, 5.41) is 2.07. The van der Waals surface area contributed by atoms with E-state index in [1.54, 1.807) is 0 Å². The third-order valence-corrected chi connectivity index (χ3v) is 6.45. The maximum atomic E-state index is 5.01. The lowest BCUT2D eigenvalue weighted by Crippen LogP contribution is -2.54. The van der Waals surface area contributed by atoms with E-state index in [1.807, 2.05) is 0 Å². The van der Waals surface area contributed by atoms with E-state index in [9.17, 15) is 0 Å². The highest BCUT2D eigenvalue weighted by Gasteiger charge is 2.40. The number of rotatable bonds is 2. The Morgan fingerprint density at radius 1 is 1.05 bits per heavy atom. The second kappa shape index (κ2) is 4.60. The van der Waals surface area contributed by atoms with Crippen molar-refractivity contribution in [3.05, 3.63) is 30.1 Å². The van der Waals surface area contributed by atoms with Crippen molar-refractivity contribution in [1.29, 1.82) is 0 Å². The van der Waals surface area contributed by atoms with Crippen molar-refractivity contribution < 1.29 is 0 Å². The summed E-state index contributed by atoms with van der Waals surface area (Å²) < 4.78 is 0. The highest BCUT2D eigenvalue weighted by atomic mass is 32.2. The summed E-state index contributed by atoms with van der Waals surface area (Å²) >= 11 is 2.15. The molecule has 21 heavy (non-hydrogen) atoms. The van der Waals surface area contributed by atoms with Crippen LogP contribution in [0.5, 0.6) is 0 Å². The zero-order valence-corrected chi connectivity index (χ0v) is 12.9. The largest absolute Gasteiger partial charge is 0.351 e. The molecule has 1 aliphatic heterocycles. The van der Waals surface area contributed by atoms with Gasteiger partial charge in [-0.3, -0.25) is 0 Å². The maximum absolute atomic E-state index is 5.01. The van der Waals surface area contributed by atoms with E-state index >= 15 is 0 Å². The number of para-hydroxylation sites is 1. The molecule has 4 heteroatoms. The summed E-state index contributed by atoms with van der Waals surface area (Å²) in [5.74, 6) is 4.14. The van der Waals surface area contributed by atoms with Gasteiger partial charge in [0.1, 0.15) is 11.6 Å². The minimum atomic E-state index is 0.615. The van der Waals surface area contributed by atoms with E-state index in [0.29, 0.717) is 12.0 Å². The van der Waals surface area contributed by atoms with Crippen LogP contribution in [0, 0.1) is 0 Å². The third kappa shape index (κ3) is 1.95. The van der Waals surface area contributed by atoms with E-state index in [2.05, 4.69) is 40.9 Å². The number of aromatic nitrogens is 2. The first-order chi connectivity index (χ1) is 10.4. The molecule has 2 heterocycles. The highest BCUT2D eigenvalue weighted by molar-refractivity contribution is 8.00. The van der Waals surface area contributed by atoms with Gasteiger partial charge in [0.25, 0.3) is 0 Å². The molecule has 0 amide bonds. The Hall–Kier alpha value is -1.29. The van der Waals surface area contributed by atoms with Gasteiger partial charge in [0.15, 0.2) is 0 Å². The molecule has 1 aromatic carbocycles. The molecule has 108 valence electrons. The number of benzene rings is 1. The van der Waals surface area contributed by atoms with Crippen LogP contribution in [0.3, 0.4) is 0 Å². The molecule has 0 bridgehead atoms. The Morgan fingerprint density at radius 2 is 1.95 bits per heavy atom. The summed E-state index contributed by atoms with van der Waals surface area (Å²) in [5.41, 5.74) is 1.12. The van der Waals surface area contributed by atoms with Crippen LogP contribution < -0.4 is 4.90 Å². The quantitative estimate of drug-likeness (QED) is 0.847. The van der Waals surface area contributed by atoms with Crippen LogP contribution >= 0.6 is 11.8 Å². The lowest BCUT2D eigenvalue weighted by molar-refractivity contribution is 0.395. The summed E-state index contributed by atoms with van der Waals surface area (Å²) in [4.78, 5) is 12.4. The first-order valence-electron chi connectivity index (χ1n) is 8.05. The molecule has 3 aliphatic rings. The molecule has 2 aliphatic carbocycles. The summed E-state index contributed by atoms with van der Waals surface area (Å²) in [7, 11) is 0. The highest BCUT2D eigenvalue weighted by Crippen LogP contribution is 2.44. The maximum Gasteiger partial charge on any atom is 0.140 e. The summed E-state index contributed by atoms with van der Waals surface area (Å²) in [6, 6.07) is 9.24. The number of anilines is 1. The van der Waals surface area contributed by atoms with Crippen molar-refractivity contribution in [2.45, 2.75) is 42.9 Å². The van der Waals surface area contributed by atoms with Crippen LogP contribution in [0.4, 0.5) is 5.82 Å². The first-order valence-corrected chi connectivity index (χ1v) is 9.10. The third-order valence-electron chi connectivity index (χ3n) is 5.06. The van der Waals surface area contributed by atoms with Crippen molar-refractivity contribution in [3.63, 3.8) is 0 Å². The number of nitrogens with zero attached hydrogens (tertiary/aromatic N) is 3. The van der Waals surface area contributed by atoms with Gasteiger partial charge < -0.3 is 4.90 Å². The van der Waals surface area contributed by atoms with Crippen LogP contribution in [0.15, 0.2) is 24.3 Å². The van der Waals surface area contributed by atoms with Crippen molar-refractivity contribution in [3.8, 4) is 0 Å². The van der Waals surface area contributed by atoms with Gasteiger partial charge in [-0.15, -0.1) is 0 Å². The Balaban J connectivity index is 1.66. The van der Waals surface area contributed by atoms with Crippen molar-refractivity contribution in [2.75, 3.05) is 17.2 Å². The lowest BCUT2D eigenvalue weighted by atomic mass is 9.90. The normalized spacial score (nSPS) is 28.3. The van der Waals surface area contributed by atoms with Gasteiger partial charge in [0, 0.05) is 34.9 Å². The molecule has 3 nitrogen and oxygen atoms in total. The topological polar surface area (TPSA) is 29.0 Å². The molecule has 2 saturated carbocycles. The summed E-state index contributed by atoms with van der Waals surface area (Å²) in [6.07, 6.45) is 5.23. The van der Waals surface area contributed by atoms with Crippen LogP contribution in [-0.4, -0.2) is 33.6 Å². The van der Waals surface area contributed by atoms with Gasteiger partial charge in [0.05, 0.1) is 5.52 Å². The molecule has 2 aromatic rings. The van der Waals surface area contributed by atoms with E-state index in [4.69, 9.17) is 9.97 Å². The van der Waals surface area contributed by atoms with Crippen LogP contribution in [0.1, 0.15) is 37.4 Å². The number of hydrogen-bond acceptors (Lipinski definition) is 4. The van der Waals surface area contributed by atoms with Crippen LogP contribution in [0.2, 0.25) is 0 Å². The predicted molar refractivity (Wildman–Crippen MR) is 88.1 cm³/mol. The average molecular weight is 297 g/mol. The molecular weight excluding hydrogens is 278 g/mol. The van der Waals surface area contributed by atoms with Crippen LogP contribution in [-0.2, 0) is 0 Å². The van der Waals surface area contributed by atoms with E-state index in [0.717, 1.165) is 23.1 Å². The molecule has 1 aromatic heterocycles. The Morgan fingerprint density at radius 3 is 2.76 bits per heavy atom. The van der Waals surface area contributed by atoms with Gasteiger partial charge in [-0.25, -0.2) is 9.97 Å². The SMILES string of the molecule is c1ccc2c(N3CCSC4CCC43)nc(C3CC3)nc2c1. The minimum Gasteiger partial charge on any atom is -0.351 e. The van der Waals surface area contributed by atoms with Gasteiger partial charge in [0.2, 0.25) is 0 Å². The molecule has 0 radical (unpaired) electrons. The minimum absolute atomic E-state index is 0.615. The molecule has 5 rings (SSSR count). The van der Waals surface area contributed by atoms with Crippen molar-refractivity contribution in [1.82, 2.24) is 9.97 Å². The predicted octanol–water partition coefficient (Wildman–Crippen LogP) is 3.59. The number of thioether (sulfide) groups is 1. The Bertz CT molecular complexity index is 697. The van der Waals surface area contributed by atoms with Crippen LogP contribution in [0.25, 0.3) is 10.9 Å². The van der Waals surface area contributed by atoms with Gasteiger partial charge in [-0.05, 0) is 37.8 Å². The van der Waals surface area contributed by atoms with E-state index in [1.165, 1.54) is 42.6 Å². The Kier molecular flexibility index (Phi) is 2.69. The molecule has 3 fully saturated rings. The zero-order chi connectivity index (χ0) is 13.8. The molecule has 2 unspecified atom stereocenters. The fraction of sp³-hybridized carbons (Fsp3) is 0.529. The standard InChI is InChI=1S/C17H19N3S/c1-2-4-13-12(3-1)17(19-16(18-13)11-5-6-11)20-9-10-21-15-8-7-14(15)20/h1-4,11,14-15H,5-10H2. The molecular formula is C17H19N3S. The summed E-state index contributed by atoms with van der Waals surface area (Å²) in [6.45, 7) is 1.14. The van der Waals surface area contributed by atoms with Gasteiger partial charge in [-0.1, -0.05) is 12.1 Å². The fourth-order valence-corrected chi connectivity index (χ4v) is 4.97. The van der Waals surface area contributed by atoms with Gasteiger partial charge in [-0.2, -0.15) is 11.8 Å². The Labute approximate surface area is 129 Å².